The Morgan fingerprint density at radius 3 is 2.59 bits per heavy atom. The van der Waals surface area contributed by atoms with Crippen molar-refractivity contribution in [3.05, 3.63) is 77.5 Å². The number of ether oxygens (including phenoxy) is 1. The molecule has 29 heavy (non-hydrogen) atoms. The molecule has 0 amide bonds. The van der Waals surface area contributed by atoms with Crippen molar-refractivity contribution in [2.24, 2.45) is 0 Å². The molecular formula is C23H24N2O4. The highest BCUT2D eigenvalue weighted by molar-refractivity contribution is 5.98. The minimum absolute atomic E-state index is 0.0765. The highest BCUT2D eigenvalue weighted by Crippen LogP contribution is 2.32. The van der Waals surface area contributed by atoms with Gasteiger partial charge in [0.05, 0.1) is 6.54 Å². The van der Waals surface area contributed by atoms with E-state index in [-0.39, 0.29) is 18.2 Å². The highest BCUT2D eigenvalue weighted by Gasteiger charge is 2.18. The number of nitrogens with zero attached hydrogens (tertiary/aromatic N) is 2. The average Bonchev–Trinajstić information content (AvgIpc) is 3.45. The summed E-state index contributed by atoms with van der Waals surface area (Å²) in [7, 11) is 0. The van der Waals surface area contributed by atoms with E-state index in [9.17, 15) is 9.59 Å². The maximum atomic E-state index is 12.4. The van der Waals surface area contributed by atoms with Gasteiger partial charge < -0.3 is 9.15 Å². The van der Waals surface area contributed by atoms with Gasteiger partial charge in [0.1, 0.15) is 5.76 Å². The second-order valence-corrected chi connectivity index (χ2v) is 7.43. The molecule has 1 aliphatic rings. The summed E-state index contributed by atoms with van der Waals surface area (Å²) >= 11 is 0. The summed E-state index contributed by atoms with van der Waals surface area (Å²) in [5.74, 6) is 0.388. The minimum Gasteiger partial charge on any atom is -0.452 e. The standard InChI is InChI=1S/C23H24N2O4/c26-21(19-9-7-18(8-10-19)17-5-2-1-3-6-17)16-28-23(27)22-12-11-20(29-22)15-25-14-4-13-24-25/h4,7-14,17H,1-3,5-6,15-16H2. The number of hydrogen-bond donors (Lipinski definition) is 0. The number of hydrogen-bond acceptors (Lipinski definition) is 5. The zero-order chi connectivity index (χ0) is 20.1. The molecular weight excluding hydrogens is 368 g/mol. The normalized spacial score (nSPS) is 14.6. The Morgan fingerprint density at radius 2 is 1.86 bits per heavy atom. The summed E-state index contributed by atoms with van der Waals surface area (Å²) in [5, 5.41) is 4.09. The lowest BCUT2D eigenvalue weighted by molar-refractivity contribution is 0.0442. The van der Waals surface area contributed by atoms with E-state index >= 15 is 0 Å². The van der Waals surface area contributed by atoms with Gasteiger partial charge in [0.2, 0.25) is 5.76 Å². The summed E-state index contributed by atoms with van der Waals surface area (Å²) in [5.41, 5.74) is 1.84. The maximum Gasteiger partial charge on any atom is 0.374 e. The summed E-state index contributed by atoms with van der Waals surface area (Å²) in [6.45, 7) is 0.114. The summed E-state index contributed by atoms with van der Waals surface area (Å²) < 4.78 is 12.3. The van der Waals surface area contributed by atoms with E-state index in [0.717, 1.165) is 0 Å². The van der Waals surface area contributed by atoms with Crippen molar-refractivity contribution < 1.29 is 18.7 Å². The third-order valence-corrected chi connectivity index (χ3v) is 5.38. The molecule has 1 aliphatic carbocycles. The lowest BCUT2D eigenvalue weighted by atomic mass is 9.84. The fraction of sp³-hybridized carbons (Fsp3) is 0.348. The Hall–Kier alpha value is -3.15. The number of furan rings is 1. The maximum absolute atomic E-state index is 12.4. The molecule has 2 heterocycles. The quantitative estimate of drug-likeness (QED) is 0.433. The first-order valence-electron chi connectivity index (χ1n) is 10.1. The van der Waals surface area contributed by atoms with Gasteiger partial charge in [-0.2, -0.15) is 5.10 Å². The molecule has 1 saturated carbocycles. The van der Waals surface area contributed by atoms with Crippen LogP contribution in [0.15, 0.2) is 59.3 Å². The van der Waals surface area contributed by atoms with Gasteiger partial charge in [0, 0.05) is 18.0 Å². The zero-order valence-corrected chi connectivity index (χ0v) is 16.3. The molecule has 3 aromatic rings. The number of ketones is 1. The van der Waals surface area contributed by atoms with Crippen LogP contribution in [0.5, 0.6) is 0 Å². The number of carbonyl (C=O) groups is 2. The second-order valence-electron chi connectivity index (χ2n) is 7.43. The van der Waals surface area contributed by atoms with Gasteiger partial charge in [-0.05, 0) is 42.5 Å². The van der Waals surface area contributed by atoms with Gasteiger partial charge >= 0.3 is 5.97 Å². The van der Waals surface area contributed by atoms with Crippen LogP contribution in [-0.4, -0.2) is 28.1 Å². The van der Waals surface area contributed by atoms with E-state index < -0.39 is 5.97 Å². The van der Waals surface area contributed by atoms with E-state index in [1.165, 1.54) is 37.7 Å². The van der Waals surface area contributed by atoms with Crippen LogP contribution >= 0.6 is 0 Å². The van der Waals surface area contributed by atoms with E-state index in [1.807, 2.05) is 30.3 Å². The minimum atomic E-state index is -0.649. The summed E-state index contributed by atoms with van der Waals surface area (Å²) in [4.78, 5) is 24.5. The summed E-state index contributed by atoms with van der Waals surface area (Å²) in [6.07, 6.45) is 9.78. The Kier molecular flexibility index (Phi) is 5.89. The predicted octanol–water partition coefficient (Wildman–Crippen LogP) is 4.61. The van der Waals surface area contributed by atoms with Gasteiger partial charge in [0.15, 0.2) is 12.4 Å². The molecule has 0 atom stereocenters. The van der Waals surface area contributed by atoms with Crippen LogP contribution in [0.4, 0.5) is 0 Å². The molecule has 1 fully saturated rings. The van der Waals surface area contributed by atoms with Crippen molar-refractivity contribution >= 4 is 11.8 Å². The molecule has 6 nitrogen and oxygen atoms in total. The van der Waals surface area contributed by atoms with Gasteiger partial charge in [0.25, 0.3) is 0 Å². The molecule has 0 spiro atoms. The number of aromatic nitrogens is 2. The fourth-order valence-corrected chi connectivity index (χ4v) is 3.79. The van der Waals surface area contributed by atoms with E-state index in [1.54, 1.807) is 29.2 Å². The molecule has 0 unspecified atom stereocenters. The molecule has 0 N–H and O–H groups in total. The molecule has 0 saturated heterocycles. The first-order chi connectivity index (χ1) is 14.2. The molecule has 0 aliphatic heterocycles. The fourth-order valence-electron chi connectivity index (χ4n) is 3.79. The Bertz CT molecular complexity index is 951. The number of rotatable bonds is 7. The lowest BCUT2D eigenvalue weighted by Gasteiger charge is -2.22. The molecule has 2 aromatic heterocycles. The number of carbonyl (C=O) groups excluding carboxylic acids is 2. The SMILES string of the molecule is O=C(COC(=O)c1ccc(Cn2cccn2)o1)c1ccc(C2CCCCC2)cc1. The van der Waals surface area contributed by atoms with Gasteiger partial charge in [-0.15, -0.1) is 0 Å². The Labute approximate surface area is 169 Å². The first kappa shape index (κ1) is 19.2. The third-order valence-electron chi connectivity index (χ3n) is 5.38. The van der Waals surface area contributed by atoms with Crippen molar-refractivity contribution in [1.82, 2.24) is 9.78 Å². The van der Waals surface area contributed by atoms with E-state index in [0.29, 0.717) is 23.8 Å². The smallest absolute Gasteiger partial charge is 0.374 e. The van der Waals surface area contributed by atoms with Crippen LogP contribution in [0.25, 0.3) is 0 Å². The summed E-state index contributed by atoms with van der Waals surface area (Å²) in [6, 6.07) is 12.8. The zero-order valence-electron chi connectivity index (χ0n) is 16.3. The largest absolute Gasteiger partial charge is 0.452 e. The highest BCUT2D eigenvalue weighted by atomic mass is 16.5. The van der Waals surface area contributed by atoms with Crippen molar-refractivity contribution in [2.45, 2.75) is 44.6 Å². The van der Waals surface area contributed by atoms with Crippen molar-refractivity contribution in [2.75, 3.05) is 6.61 Å². The van der Waals surface area contributed by atoms with Gasteiger partial charge in [-0.25, -0.2) is 4.79 Å². The third kappa shape index (κ3) is 4.83. The van der Waals surface area contributed by atoms with E-state index in [4.69, 9.17) is 9.15 Å². The monoisotopic (exact) mass is 392 g/mol. The molecule has 0 radical (unpaired) electrons. The van der Waals surface area contributed by atoms with Crippen molar-refractivity contribution in [1.29, 1.82) is 0 Å². The Morgan fingerprint density at radius 1 is 1.07 bits per heavy atom. The van der Waals surface area contributed by atoms with Crippen LogP contribution in [0.1, 0.15) is 70.3 Å². The molecule has 1 aromatic carbocycles. The van der Waals surface area contributed by atoms with Crippen LogP contribution < -0.4 is 0 Å². The topological polar surface area (TPSA) is 74.3 Å². The Balaban J connectivity index is 1.29. The van der Waals surface area contributed by atoms with E-state index in [2.05, 4.69) is 5.10 Å². The van der Waals surface area contributed by atoms with Gasteiger partial charge in [-0.3, -0.25) is 9.48 Å². The van der Waals surface area contributed by atoms with Crippen molar-refractivity contribution in [3.8, 4) is 0 Å². The van der Waals surface area contributed by atoms with Gasteiger partial charge in [-0.1, -0.05) is 43.5 Å². The number of benzene rings is 1. The molecule has 4 rings (SSSR count). The molecule has 150 valence electrons. The first-order valence-corrected chi connectivity index (χ1v) is 10.1. The van der Waals surface area contributed by atoms with Crippen LogP contribution in [0, 0.1) is 0 Å². The molecule has 6 heteroatoms. The number of Topliss-reactive ketones (excluding diaryl/α,β-unsaturated/α-hetero) is 1. The van der Waals surface area contributed by atoms with Crippen LogP contribution in [0.2, 0.25) is 0 Å². The lowest BCUT2D eigenvalue weighted by Crippen LogP contribution is -2.14. The molecule has 0 bridgehead atoms. The predicted molar refractivity (Wildman–Crippen MR) is 107 cm³/mol. The van der Waals surface area contributed by atoms with Crippen LogP contribution in [0.3, 0.4) is 0 Å². The second kappa shape index (κ2) is 8.90. The van der Waals surface area contributed by atoms with Crippen LogP contribution in [-0.2, 0) is 11.3 Å². The number of esters is 1. The average molecular weight is 392 g/mol. The van der Waals surface area contributed by atoms with Crippen molar-refractivity contribution in [3.63, 3.8) is 0 Å².